The predicted molar refractivity (Wildman–Crippen MR) is 141 cm³/mol. The Labute approximate surface area is 206 Å². The van der Waals surface area contributed by atoms with Gasteiger partial charge in [-0.15, -0.1) is 0 Å². The molecule has 2 heterocycles. The summed E-state index contributed by atoms with van der Waals surface area (Å²) in [5.74, 6) is 1.48. The van der Waals surface area contributed by atoms with Crippen LogP contribution in [0.1, 0.15) is 35.5 Å². The van der Waals surface area contributed by atoms with Crippen molar-refractivity contribution in [3.05, 3.63) is 76.3 Å². The molecule has 0 unspecified atom stereocenters. The van der Waals surface area contributed by atoms with Gasteiger partial charge in [0.05, 0.1) is 17.8 Å². The number of nitrogens with two attached hydrogens (primary N) is 1. The largest absolute Gasteiger partial charge is 0.496 e. The molecule has 2 aromatic carbocycles. The lowest BCUT2D eigenvalue weighted by Gasteiger charge is -2.32. The van der Waals surface area contributed by atoms with Crippen molar-refractivity contribution < 1.29 is 9.30 Å². The Morgan fingerprint density at radius 1 is 1.12 bits per heavy atom. The molecule has 1 aliphatic rings. The Morgan fingerprint density at radius 2 is 1.85 bits per heavy atom. The highest BCUT2D eigenvalue weighted by atomic mass is 35.5. The Kier molecular flexibility index (Phi) is 7.61. The Morgan fingerprint density at radius 3 is 2.56 bits per heavy atom. The van der Waals surface area contributed by atoms with Gasteiger partial charge < -0.3 is 19.9 Å². The molecule has 180 valence electrons. The summed E-state index contributed by atoms with van der Waals surface area (Å²) in [4.78, 5) is 11.6. The minimum absolute atomic E-state index is 0.294. The number of ether oxygens (including phenoxy) is 1. The molecule has 0 bridgehead atoms. The van der Waals surface area contributed by atoms with Crippen LogP contribution in [-0.4, -0.2) is 49.5 Å². The second kappa shape index (κ2) is 10.5. The number of nitrogens with zero attached hydrogens (tertiary/aromatic N) is 3. The summed E-state index contributed by atoms with van der Waals surface area (Å²) < 4.78 is 18.5. The van der Waals surface area contributed by atoms with E-state index in [2.05, 4.69) is 28.1 Å². The highest BCUT2D eigenvalue weighted by Crippen LogP contribution is 2.36. The van der Waals surface area contributed by atoms with Crippen LogP contribution in [0.3, 0.4) is 0 Å². The van der Waals surface area contributed by atoms with Crippen molar-refractivity contribution in [2.24, 2.45) is 5.73 Å². The molecule has 0 amide bonds. The fourth-order valence-electron chi connectivity index (χ4n) is 4.42. The van der Waals surface area contributed by atoms with Crippen LogP contribution < -0.4 is 20.7 Å². The molecule has 1 fully saturated rings. The molecule has 1 aromatic heterocycles. The molecule has 34 heavy (non-hydrogen) atoms. The second-order valence-corrected chi connectivity index (χ2v) is 12.8. The predicted octanol–water partition coefficient (Wildman–Crippen LogP) is 4.50. The van der Waals surface area contributed by atoms with E-state index in [1.54, 1.807) is 26.6 Å². The van der Waals surface area contributed by atoms with Gasteiger partial charge in [-0.1, -0.05) is 41.9 Å². The van der Waals surface area contributed by atoms with E-state index < -0.39 is 7.14 Å². The SMILES string of the molecule is COc1cc(N2CCC(N)CC2)ccc1Cc1ncc(Cl)c(Cc2ccccc2P(C)(C)=O)n1. The van der Waals surface area contributed by atoms with Gasteiger partial charge in [-0.05, 0) is 37.8 Å². The molecule has 4 rings (SSSR count). The number of hydrogen-bond donors (Lipinski definition) is 1. The molecule has 1 saturated heterocycles. The van der Waals surface area contributed by atoms with E-state index in [0.717, 1.165) is 59.5 Å². The average Bonchev–Trinajstić information content (AvgIpc) is 2.81. The Hall–Kier alpha value is -2.40. The average molecular weight is 499 g/mol. The summed E-state index contributed by atoms with van der Waals surface area (Å²) in [6.45, 7) is 5.48. The van der Waals surface area contributed by atoms with Crippen molar-refractivity contribution >= 4 is 29.7 Å². The lowest BCUT2D eigenvalue weighted by atomic mass is 10.0. The lowest BCUT2D eigenvalue weighted by Crippen LogP contribution is -2.39. The minimum Gasteiger partial charge on any atom is -0.496 e. The van der Waals surface area contributed by atoms with Gasteiger partial charge >= 0.3 is 0 Å². The van der Waals surface area contributed by atoms with E-state index in [-0.39, 0.29) is 0 Å². The molecular weight excluding hydrogens is 467 g/mol. The first kappa shape index (κ1) is 24.7. The number of hydrogen-bond acceptors (Lipinski definition) is 6. The maximum Gasteiger partial charge on any atom is 0.133 e. The van der Waals surface area contributed by atoms with Gasteiger partial charge in [0.1, 0.15) is 18.7 Å². The summed E-state index contributed by atoms with van der Waals surface area (Å²) in [7, 11) is -0.731. The summed E-state index contributed by atoms with van der Waals surface area (Å²) in [5, 5.41) is 1.37. The molecule has 1 aliphatic heterocycles. The van der Waals surface area contributed by atoms with Crippen LogP contribution in [-0.2, 0) is 17.4 Å². The van der Waals surface area contributed by atoms with Crippen LogP contribution >= 0.6 is 18.7 Å². The highest BCUT2D eigenvalue weighted by molar-refractivity contribution is 7.70. The van der Waals surface area contributed by atoms with Crippen LogP contribution in [0.15, 0.2) is 48.7 Å². The van der Waals surface area contributed by atoms with E-state index in [9.17, 15) is 4.57 Å². The first-order chi connectivity index (χ1) is 16.2. The topological polar surface area (TPSA) is 81.3 Å². The summed E-state index contributed by atoms with van der Waals surface area (Å²) in [5.41, 5.74) is 9.92. The quantitative estimate of drug-likeness (QED) is 0.483. The molecule has 2 N–H and O–H groups in total. The van der Waals surface area contributed by atoms with Crippen LogP contribution in [0.4, 0.5) is 5.69 Å². The number of rotatable bonds is 7. The Balaban J connectivity index is 1.56. The van der Waals surface area contributed by atoms with Gasteiger partial charge in [-0.3, -0.25) is 0 Å². The lowest BCUT2D eigenvalue weighted by molar-refractivity contribution is 0.410. The third kappa shape index (κ3) is 5.80. The van der Waals surface area contributed by atoms with Crippen molar-refractivity contribution in [1.82, 2.24) is 9.97 Å². The zero-order chi connectivity index (χ0) is 24.3. The number of anilines is 1. The first-order valence-electron chi connectivity index (χ1n) is 11.6. The van der Waals surface area contributed by atoms with Gasteiger partial charge in [0.2, 0.25) is 0 Å². The van der Waals surface area contributed by atoms with E-state index in [4.69, 9.17) is 27.1 Å². The van der Waals surface area contributed by atoms with E-state index in [0.29, 0.717) is 29.7 Å². The summed E-state index contributed by atoms with van der Waals surface area (Å²) in [6, 6.07) is 14.4. The van der Waals surface area contributed by atoms with Crippen LogP contribution in [0.5, 0.6) is 5.75 Å². The van der Waals surface area contributed by atoms with Crippen molar-refractivity contribution in [2.75, 3.05) is 38.4 Å². The van der Waals surface area contributed by atoms with Gasteiger partial charge in [0.15, 0.2) is 0 Å². The molecule has 0 spiro atoms. The fourth-order valence-corrected chi connectivity index (χ4v) is 5.87. The van der Waals surface area contributed by atoms with Gasteiger partial charge in [-0.25, -0.2) is 9.97 Å². The molecule has 0 atom stereocenters. The zero-order valence-corrected chi connectivity index (χ0v) is 21.6. The smallest absolute Gasteiger partial charge is 0.133 e. The fraction of sp³-hybridized carbons (Fsp3) is 0.385. The monoisotopic (exact) mass is 498 g/mol. The number of aromatic nitrogens is 2. The molecular formula is C26H32ClN4O2P. The van der Waals surface area contributed by atoms with Crippen molar-refractivity contribution in [3.8, 4) is 5.75 Å². The zero-order valence-electron chi connectivity index (χ0n) is 20.0. The van der Waals surface area contributed by atoms with Crippen LogP contribution in [0, 0.1) is 0 Å². The van der Waals surface area contributed by atoms with E-state index in [1.165, 1.54) is 0 Å². The van der Waals surface area contributed by atoms with E-state index in [1.807, 2.05) is 24.3 Å². The third-order valence-electron chi connectivity index (χ3n) is 6.32. The summed E-state index contributed by atoms with van der Waals surface area (Å²) in [6.07, 6.45) is 4.68. The molecule has 6 nitrogen and oxygen atoms in total. The molecule has 0 aliphatic carbocycles. The minimum atomic E-state index is -2.42. The first-order valence-corrected chi connectivity index (χ1v) is 14.5. The molecule has 0 saturated carbocycles. The van der Waals surface area contributed by atoms with Gasteiger partial charge in [0.25, 0.3) is 0 Å². The highest BCUT2D eigenvalue weighted by Gasteiger charge is 2.19. The van der Waals surface area contributed by atoms with E-state index >= 15 is 0 Å². The third-order valence-corrected chi connectivity index (χ3v) is 8.23. The van der Waals surface area contributed by atoms with Crippen LogP contribution in [0.2, 0.25) is 5.02 Å². The molecule has 3 aromatic rings. The number of benzene rings is 2. The maximum atomic E-state index is 12.8. The molecule has 8 heteroatoms. The van der Waals surface area contributed by atoms with Crippen molar-refractivity contribution in [1.29, 1.82) is 0 Å². The molecule has 0 radical (unpaired) electrons. The van der Waals surface area contributed by atoms with Crippen LogP contribution in [0.25, 0.3) is 0 Å². The number of methoxy groups -OCH3 is 1. The number of halogens is 1. The van der Waals surface area contributed by atoms with Crippen molar-refractivity contribution in [3.63, 3.8) is 0 Å². The van der Waals surface area contributed by atoms with Crippen molar-refractivity contribution in [2.45, 2.75) is 31.7 Å². The second-order valence-electron chi connectivity index (χ2n) is 9.23. The maximum absolute atomic E-state index is 12.8. The normalized spacial score (nSPS) is 14.9. The van der Waals surface area contributed by atoms with Gasteiger partial charge in [-0.2, -0.15) is 0 Å². The van der Waals surface area contributed by atoms with Gasteiger partial charge in [0, 0.05) is 60.8 Å². The summed E-state index contributed by atoms with van der Waals surface area (Å²) >= 11 is 6.46. The number of piperidine rings is 1. The standard InChI is InChI=1S/C26H32ClN4O2P/c1-33-24-16-21(31-12-10-20(28)11-13-31)9-8-18(24)15-26-29-17-22(27)23(30-26)14-19-6-4-5-7-25(19)34(2,3)32/h4-9,16-17,20H,10-15,28H2,1-3H3. The Bertz CT molecular complexity index is 1210.